The van der Waals surface area contributed by atoms with Gasteiger partial charge in [-0.05, 0) is 49.1 Å². The van der Waals surface area contributed by atoms with E-state index < -0.39 is 0 Å². The highest BCUT2D eigenvalue weighted by Gasteiger charge is 2.42. The highest BCUT2D eigenvalue weighted by molar-refractivity contribution is 6.35. The Morgan fingerprint density at radius 2 is 1.73 bits per heavy atom. The van der Waals surface area contributed by atoms with Crippen LogP contribution in [-0.2, 0) is 32.1 Å². The molecule has 0 saturated carbocycles. The summed E-state index contributed by atoms with van der Waals surface area (Å²) >= 11 is 0. The first kappa shape index (κ1) is 22.7. The molecule has 0 saturated heterocycles. The van der Waals surface area contributed by atoms with Crippen LogP contribution in [0.15, 0.2) is 54.2 Å². The fraction of sp³-hybridized carbons (Fsp3) is 0.346. The summed E-state index contributed by atoms with van der Waals surface area (Å²) in [6.45, 7) is 7.02. The summed E-state index contributed by atoms with van der Waals surface area (Å²) in [4.78, 5) is 41.6. The summed E-state index contributed by atoms with van der Waals surface area (Å²) in [6, 6.07) is 15.2. The minimum absolute atomic E-state index is 0.0182. The van der Waals surface area contributed by atoms with Crippen molar-refractivity contribution in [3.05, 3.63) is 70.9 Å². The topological polar surface area (TPSA) is 79.0 Å². The van der Waals surface area contributed by atoms with Crippen LogP contribution in [0.4, 0.5) is 5.69 Å². The fourth-order valence-electron chi connectivity index (χ4n) is 4.31. The maximum Gasteiger partial charge on any atom is 0.277 e. The number of imide groups is 1. The molecule has 0 spiro atoms. The number of ether oxygens (including phenoxy) is 1. The maximum absolute atomic E-state index is 13.5. The first-order valence-electron chi connectivity index (χ1n) is 11.3. The molecule has 7 nitrogen and oxygen atoms in total. The number of hydrogen-bond donors (Lipinski definition) is 1. The average Bonchev–Trinajstić information content (AvgIpc) is 3.03. The first-order valence-corrected chi connectivity index (χ1v) is 11.3. The van der Waals surface area contributed by atoms with Crippen LogP contribution in [0.5, 0.6) is 0 Å². The molecular formula is C26H29N3O4. The number of fused-ring (bicyclic) bond motifs is 1. The predicted octanol–water partition coefficient (Wildman–Crippen LogP) is 3.21. The van der Waals surface area contributed by atoms with Crippen molar-refractivity contribution >= 4 is 29.0 Å². The number of amides is 3. The van der Waals surface area contributed by atoms with Crippen LogP contribution >= 0.6 is 0 Å². The molecule has 2 aromatic rings. The number of anilines is 1. The summed E-state index contributed by atoms with van der Waals surface area (Å²) in [7, 11) is 0. The Morgan fingerprint density at radius 1 is 1.03 bits per heavy atom. The highest BCUT2D eigenvalue weighted by atomic mass is 16.5. The highest BCUT2D eigenvalue weighted by Crippen LogP contribution is 2.34. The Hall–Kier alpha value is -3.45. The first-order chi connectivity index (χ1) is 15.8. The van der Waals surface area contributed by atoms with Crippen LogP contribution in [0, 0.1) is 0 Å². The molecule has 4 rings (SSSR count). The van der Waals surface area contributed by atoms with Gasteiger partial charge in [0.05, 0.1) is 24.8 Å². The molecule has 0 radical (unpaired) electrons. The van der Waals surface area contributed by atoms with Gasteiger partial charge in [-0.2, -0.15) is 0 Å². The number of carbonyl (C=O) groups excluding carboxylic acids is 3. The number of carbonyl (C=O) groups is 3. The summed E-state index contributed by atoms with van der Waals surface area (Å²) in [5.74, 6) is -0.765. The van der Waals surface area contributed by atoms with Gasteiger partial charge >= 0.3 is 0 Å². The zero-order valence-electron chi connectivity index (χ0n) is 19.3. The maximum atomic E-state index is 13.5. The Balaban J connectivity index is 1.68. The molecule has 3 amide bonds. The van der Waals surface area contributed by atoms with Gasteiger partial charge in [0, 0.05) is 25.7 Å². The van der Waals surface area contributed by atoms with Crippen LogP contribution in [0.25, 0.3) is 5.57 Å². The van der Waals surface area contributed by atoms with Crippen molar-refractivity contribution in [2.75, 3.05) is 25.0 Å². The summed E-state index contributed by atoms with van der Waals surface area (Å²) in [6.07, 6.45) is 0.830. The van der Waals surface area contributed by atoms with Crippen LogP contribution < -0.4 is 5.32 Å². The van der Waals surface area contributed by atoms with Crippen molar-refractivity contribution in [2.45, 2.75) is 39.8 Å². The zero-order valence-corrected chi connectivity index (χ0v) is 19.3. The molecular weight excluding hydrogens is 418 g/mol. The standard InChI is InChI=1S/C26H29N3O4/c1-17(2)33-15-14-29-25(31)23(20-8-10-22(11-9-20)27-18(3)30)24(26(29)32)28-13-12-19-6-4-5-7-21(19)16-28/h4-11,17H,12-16H2,1-3H3,(H,27,30). The minimum Gasteiger partial charge on any atom is -0.377 e. The van der Waals surface area contributed by atoms with Gasteiger partial charge in [0.1, 0.15) is 5.70 Å². The quantitative estimate of drug-likeness (QED) is 0.660. The second kappa shape index (κ2) is 9.58. The molecule has 0 unspecified atom stereocenters. The molecule has 0 fully saturated rings. The number of nitrogens with one attached hydrogen (secondary N) is 1. The van der Waals surface area contributed by atoms with Crippen molar-refractivity contribution in [3.63, 3.8) is 0 Å². The molecule has 2 aromatic carbocycles. The van der Waals surface area contributed by atoms with E-state index >= 15 is 0 Å². The van der Waals surface area contributed by atoms with Crippen LogP contribution in [0.1, 0.15) is 37.5 Å². The van der Waals surface area contributed by atoms with E-state index in [2.05, 4.69) is 17.4 Å². The van der Waals surface area contributed by atoms with Gasteiger partial charge in [0.2, 0.25) is 5.91 Å². The molecule has 0 atom stereocenters. The molecule has 0 bridgehead atoms. The lowest BCUT2D eigenvalue weighted by Crippen LogP contribution is -2.39. The molecule has 0 aromatic heterocycles. The molecule has 0 aliphatic carbocycles. The van der Waals surface area contributed by atoms with Crippen molar-refractivity contribution in [1.29, 1.82) is 0 Å². The van der Waals surface area contributed by atoms with Gasteiger partial charge < -0.3 is 15.0 Å². The van der Waals surface area contributed by atoms with Gasteiger partial charge in [-0.25, -0.2) is 0 Å². The monoisotopic (exact) mass is 447 g/mol. The summed E-state index contributed by atoms with van der Waals surface area (Å²) in [5, 5.41) is 2.73. The third-order valence-electron chi connectivity index (χ3n) is 5.85. The van der Waals surface area contributed by atoms with Crippen molar-refractivity contribution < 1.29 is 19.1 Å². The van der Waals surface area contributed by atoms with Crippen LogP contribution in [-0.4, -0.2) is 53.3 Å². The van der Waals surface area contributed by atoms with E-state index in [0.717, 1.165) is 6.42 Å². The Labute approximate surface area is 194 Å². The molecule has 2 aliphatic rings. The molecule has 2 heterocycles. The largest absolute Gasteiger partial charge is 0.377 e. The van der Waals surface area contributed by atoms with Gasteiger partial charge in [-0.1, -0.05) is 36.4 Å². The summed E-state index contributed by atoms with van der Waals surface area (Å²) < 4.78 is 5.60. The summed E-state index contributed by atoms with van der Waals surface area (Å²) in [5.41, 5.74) is 4.57. The van der Waals surface area contributed by atoms with Gasteiger partial charge in [-0.3, -0.25) is 19.3 Å². The zero-order chi connectivity index (χ0) is 23.5. The normalized spacial score (nSPS) is 16.0. The van der Waals surface area contributed by atoms with E-state index in [-0.39, 0.29) is 30.4 Å². The SMILES string of the molecule is CC(=O)Nc1ccc(C2=C(N3CCc4ccccc4C3)C(=O)N(CCOC(C)C)C2=O)cc1. The molecule has 172 valence electrons. The molecule has 7 heteroatoms. The van der Waals surface area contributed by atoms with Crippen molar-refractivity contribution in [1.82, 2.24) is 9.80 Å². The second-order valence-electron chi connectivity index (χ2n) is 8.60. The fourth-order valence-corrected chi connectivity index (χ4v) is 4.31. The third-order valence-corrected chi connectivity index (χ3v) is 5.85. The molecule has 33 heavy (non-hydrogen) atoms. The number of nitrogens with zero attached hydrogens (tertiary/aromatic N) is 2. The van der Waals surface area contributed by atoms with E-state index in [1.165, 1.54) is 23.0 Å². The van der Waals surface area contributed by atoms with Crippen LogP contribution in [0.3, 0.4) is 0 Å². The van der Waals surface area contributed by atoms with E-state index in [1.807, 2.05) is 30.9 Å². The lowest BCUT2D eigenvalue weighted by Gasteiger charge is -2.31. The van der Waals surface area contributed by atoms with E-state index in [1.54, 1.807) is 24.3 Å². The smallest absolute Gasteiger partial charge is 0.277 e. The Bertz CT molecular complexity index is 1100. The Morgan fingerprint density at radius 3 is 2.39 bits per heavy atom. The minimum atomic E-state index is -0.312. The van der Waals surface area contributed by atoms with Crippen molar-refractivity contribution in [2.24, 2.45) is 0 Å². The number of rotatable bonds is 7. The predicted molar refractivity (Wildman–Crippen MR) is 126 cm³/mol. The lowest BCUT2D eigenvalue weighted by atomic mass is 9.97. The van der Waals surface area contributed by atoms with E-state index in [0.29, 0.717) is 42.2 Å². The molecule has 1 N–H and O–H groups in total. The number of benzene rings is 2. The van der Waals surface area contributed by atoms with Gasteiger partial charge in [0.25, 0.3) is 11.8 Å². The van der Waals surface area contributed by atoms with E-state index in [4.69, 9.17) is 4.74 Å². The third kappa shape index (κ3) is 4.83. The van der Waals surface area contributed by atoms with Gasteiger partial charge in [0.15, 0.2) is 0 Å². The van der Waals surface area contributed by atoms with Crippen molar-refractivity contribution in [3.8, 4) is 0 Å². The average molecular weight is 448 g/mol. The second-order valence-corrected chi connectivity index (χ2v) is 8.60. The molecule has 2 aliphatic heterocycles. The Kier molecular flexibility index (Phi) is 6.60. The van der Waals surface area contributed by atoms with Gasteiger partial charge in [-0.15, -0.1) is 0 Å². The number of hydrogen-bond acceptors (Lipinski definition) is 5. The van der Waals surface area contributed by atoms with Crippen LogP contribution in [0.2, 0.25) is 0 Å². The van der Waals surface area contributed by atoms with E-state index in [9.17, 15) is 14.4 Å². The lowest BCUT2D eigenvalue weighted by molar-refractivity contribution is -0.138.